The van der Waals surface area contributed by atoms with E-state index in [4.69, 9.17) is 0 Å². The lowest BCUT2D eigenvalue weighted by Gasteiger charge is -2.35. The highest BCUT2D eigenvalue weighted by atomic mass is 79.9. The van der Waals surface area contributed by atoms with Crippen LogP contribution in [0.15, 0.2) is 24.3 Å². The van der Waals surface area contributed by atoms with Gasteiger partial charge in [0.2, 0.25) is 0 Å². The first-order valence-electron chi connectivity index (χ1n) is 8.94. The van der Waals surface area contributed by atoms with E-state index in [1.165, 1.54) is 44.9 Å². The van der Waals surface area contributed by atoms with Gasteiger partial charge in [0.15, 0.2) is 0 Å². The number of hydrogen-bond acceptors (Lipinski definition) is 2. The fourth-order valence-corrected chi connectivity index (χ4v) is 3.71. The van der Waals surface area contributed by atoms with Crippen molar-refractivity contribution in [2.45, 2.75) is 64.3 Å². The Bertz CT molecular complexity index is 506. The van der Waals surface area contributed by atoms with Crippen molar-refractivity contribution >= 4 is 21.8 Å². The number of carbonyl (C=O) groups is 1. The van der Waals surface area contributed by atoms with Crippen molar-refractivity contribution in [1.82, 2.24) is 0 Å². The van der Waals surface area contributed by atoms with Gasteiger partial charge in [0.05, 0.1) is 12.1 Å². The molecule has 3 nitrogen and oxygen atoms in total. The smallest absolute Gasteiger partial charge is 0.346 e. The summed E-state index contributed by atoms with van der Waals surface area (Å²) in [4.78, 5) is 12.3. The molecular weight excluding hydrogens is 354 g/mol. The summed E-state index contributed by atoms with van der Waals surface area (Å²) in [6.07, 6.45) is 10.9. The van der Waals surface area contributed by atoms with Gasteiger partial charge in [-0.05, 0) is 25.3 Å². The van der Waals surface area contributed by atoms with Crippen molar-refractivity contribution in [3.8, 4) is 0 Å². The normalized spacial score (nSPS) is 20.0. The minimum Gasteiger partial charge on any atom is -0.625 e. The van der Waals surface area contributed by atoms with E-state index in [2.05, 4.69) is 15.9 Å². The van der Waals surface area contributed by atoms with E-state index >= 15 is 0 Å². The number of alkyl halides is 1. The van der Waals surface area contributed by atoms with Crippen LogP contribution < -0.4 is 0 Å². The minimum absolute atomic E-state index is 0.243. The Morgan fingerprint density at radius 1 is 0.913 bits per heavy atom. The summed E-state index contributed by atoms with van der Waals surface area (Å²) < 4.78 is -0.675. The average Bonchev–Trinajstić information content (AvgIpc) is 2.81. The van der Waals surface area contributed by atoms with E-state index in [0.29, 0.717) is 18.7 Å². The first-order valence-corrected chi connectivity index (χ1v) is 10.1. The van der Waals surface area contributed by atoms with E-state index in [9.17, 15) is 10.0 Å². The van der Waals surface area contributed by atoms with Crippen LogP contribution in [0.3, 0.4) is 0 Å². The van der Waals surface area contributed by atoms with Gasteiger partial charge in [-0.15, -0.1) is 0 Å². The molecule has 1 amide bonds. The monoisotopic (exact) mass is 381 g/mol. The molecule has 128 valence electrons. The van der Waals surface area contributed by atoms with Crippen LogP contribution in [0, 0.1) is 5.21 Å². The number of carbonyl (C=O) groups excluding carboxylic acids is 1. The topological polar surface area (TPSA) is 40.1 Å². The van der Waals surface area contributed by atoms with Gasteiger partial charge in [-0.25, -0.2) is 4.79 Å². The molecule has 1 aromatic rings. The summed E-state index contributed by atoms with van der Waals surface area (Å²) in [5, 5.41) is 13.8. The number of amides is 1. The predicted octanol–water partition coefficient (Wildman–Crippen LogP) is 5.56. The van der Waals surface area contributed by atoms with Crippen molar-refractivity contribution in [3.05, 3.63) is 40.6 Å². The molecule has 1 heterocycles. The van der Waals surface area contributed by atoms with Crippen molar-refractivity contribution in [3.63, 3.8) is 0 Å². The molecule has 0 fully saturated rings. The third-order valence-corrected chi connectivity index (χ3v) is 5.26. The van der Waals surface area contributed by atoms with Crippen molar-refractivity contribution in [2.24, 2.45) is 0 Å². The molecule has 0 spiro atoms. The second-order valence-electron chi connectivity index (χ2n) is 6.60. The highest BCUT2D eigenvalue weighted by molar-refractivity contribution is 9.09. The molecule has 0 N–H and O–H groups in total. The summed E-state index contributed by atoms with van der Waals surface area (Å²) in [5.41, 5.74) is 1.54. The van der Waals surface area contributed by atoms with Gasteiger partial charge in [-0.1, -0.05) is 72.7 Å². The Hall–Kier alpha value is -0.710. The Balaban J connectivity index is 1.58. The van der Waals surface area contributed by atoms with Gasteiger partial charge >= 0.3 is 5.91 Å². The first kappa shape index (κ1) is 18.6. The minimum atomic E-state index is -0.675. The molecular formula is C19H28BrNO2. The number of nitrogens with zero attached hydrogens (tertiary/aromatic N) is 1. The Morgan fingerprint density at radius 3 is 2.09 bits per heavy atom. The number of halogens is 1. The van der Waals surface area contributed by atoms with Crippen molar-refractivity contribution < 1.29 is 9.44 Å². The number of unbranched alkanes of at least 4 members (excludes halogenated alkanes) is 8. The molecule has 1 aromatic carbocycles. The van der Waals surface area contributed by atoms with Gasteiger partial charge in [-0.2, -0.15) is 0 Å². The molecule has 1 atom stereocenters. The van der Waals surface area contributed by atoms with Gasteiger partial charge in [0.1, 0.15) is 6.54 Å². The van der Waals surface area contributed by atoms with Gasteiger partial charge in [0.25, 0.3) is 0 Å². The van der Waals surface area contributed by atoms with E-state index in [-0.39, 0.29) is 5.91 Å². The van der Waals surface area contributed by atoms with Gasteiger partial charge < -0.3 is 5.21 Å². The van der Waals surface area contributed by atoms with E-state index < -0.39 is 4.65 Å². The molecule has 0 aliphatic carbocycles. The molecule has 2 rings (SSSR count). The number of benzene rings is 1. The molecule has 4 heteroatoms. The molecule has 0 bridgehead atoms. The summed E-state index contributed by atoms with van der Waals surface area (Å²) in [7, 11) is 0. The maximum atomic E-state index is 12.7. The van der Waals surface area contributed by atoms with Crippen LogP contribution in [0.5, 0.6) is 0 Å². The maximum Gasteiger partial charge on any atom is 0.346 e. The fraction of sp³-hybridized carbons (Fsp3) is 0.632. The second kappa shape index (κ2) is 9.55. The van der Waals surface area contributed by atoms with Gasteiger partial charge in [0, 0.05) is 10.9 Å². The lowest BCUT2D eigenvalue weighted by Crippen LogP contribution is -2.42. The van der Waals surface area contributed by atoms with Crippen molar-refractivity contribution in [2.75, 3.05) is 11.9 Å². The number of hydrogen-bond donors (Lipinski definition) is 0. The number of fused-ring (bicyclic) bond motifs is 1. The standard InChI is InChI=1S/C19H28BrNO2/c20-14-10-6-4-2-1-3-5-7-11-15-21(23)16-17-12-8-9-13-18(17)19(21)22/h8-9,12-13H,1-7,10-11,14-16H2. The highest BCUT2D eigenvalue weighted by Gasteiger charge is 2.37. The van der Waals surface area contributed by atoms with Crippen LogP contribution in [0.25, 0.3) is 0 Å². The third kappa shape index (κ3) is 5.40. The van der Waals surface area contributed by atoms with Crippen LogP contribution in [-0.2, 0) is 6.54 Å². The lowest BCUT2D eigenvalue weighted by atomic mass is 10.1. The number of quaternary nitrogens is 1. The molecule has 1 aliphatic rings. The van der Waals surface area contributed by atoms with Crippen LogP contribution in [-0.4, -0.2) is 22.4 Å². The van der Waals surface area contributed by atoms with E-state index in [1.807, 2.05) is 18.2 Å². The van der Waals surface area contributed by atoms with Crippen molar-refractivity contribution in [1.29, 1.82) is 0 Å². The zero-order chi connectivity index (χ0) is 16.5. The van der Waals surface area contributed by atoms with Crippen LogP contribution in [0.2, 0.25) is 0 Å². The Labute approximate surface area is 148 Å². The molecule has 0 radical (unpaired) electrons. The molecule has 0 aromatic heterocycles. The maximum absolute atomic E-state index is 12.7. The zero-order valence-corrected chi connectivity index (χ0v) is 15.5. The fourth-order valence-electron chi connectivity index (χ4n) is 3.31. The van der Waals surface area contributed by atoms with E-state index in [0.717, 1.165) is 23.7 Å². The molecule has 0 saturated carbocycles. The summed E-state index contributed by atoms with van der Waals surface area (Å²) in [6, 6.07) is 7.43. The average molecular weight is 382 g/mol. The summed E-state index contributed by atoms with van der Waals surface area (Å²) >= 11 is 3.46. The lowest BCUT2D eigenvalue weighted by molar-refractivity contribution is -0.807. The van der Waals surface area contributed by atoms with Gasteiger partial charge in [-0.3, -0.25) is 4.65 Å². The SMILES string of the molecule is O=C1c2ccccc2C[N+]1([O-])CCCCCCCCCCCBr. The molecule has 0 saturated heterocycles. The largest absolute Gasteiger partial charge is 0.625 e. The van der Waals surface area contributed by atoms with Crippen LogP contribution in [0.1, 0.15) is 73.7 Å². The molecule has 1 aliphatic heterocycles. The number of hydroxylamine groups is 3. The highest BCUT2D eigenvalue weighted by Crippen LogP contribution is 2.29. The zero-order valence-electron chi connectivity index (χ0n) is 13.9. The summed E-state index contributed by atoms with van der Waals surface area (Å²) in [6.45, 7) is 0.751. The third-order valence-electron chi connectivity index (χ3n) is 4.70. The van der Waals surface area contributed by atoms with Crippen LogP contribution in [0.4, 0.5) is 0 Å². The van der Waals surface area contributed by atoms with Crippen LogP contribution >= 0.6 is 15.9 Å². The predicted molar refractivity (Wildman–Crippen MR) is 98.3 cm³/mol. The summed E-state index contributed by atoms with van der Waals surface area (Å²) in [5.74, 6) is -0.243. The first-order chi connectivity index (χ1) is 11.2. The van der Waals surface area contributed by atoms with E-state index in [1.54, 1.807) is 6.07 Å². The second-order valence-corrected chi connectivity index (χ2v) is 7.40. The Kier molecular flexibility index (Phi) is 7.74. The Morgan fingerprint density at radius 2 is 1.48 bits per heavy atom. The molecule has 23 heavy (non-hydrogen) atoms. The quantitative estimate of drug-likeness (QED) is 0.218. The molecule has 1 unspecified atom stereocenters. The number of rotatable bonds is 11.